The average Bonchev–Trinajstić information content (AvgIpc) is 2.42. The van der Waals surface area contributed by atoms with Crippen molar-refractivity contribution < 1.29 is 24.5 Å². The van der Waals surface area contributed by atoms with Gasteiger partial charge in [-0.15, -0.1) is 0 Å². The molecular formula is C15H22N2O5. The third-order valence-corrected chi connectivity index (χ3v) is 2.65. The van der Waals surface area contributed by atoms with Crippen LogP contribution >= 0.6 is 0 Å². The standard InChI is InChI=1S/C15H22N2O5/c1-9(18)10-6-5-7-11(17-10)13(20)12(19)8-16-14(21)22-15(2,3)4/h5-7,12-13,19-20H,8H2,1-4H3,(H,16,21). The number of aliphatic hydroxyl groups excluding tert-OH is 2. The second kappa shape index (κ2) is 7.33. The maximum atomic E-state index is 11.5. The predicted octanol–water partition coefficient (Wildman–Crippen LogP) is 1.20. The van der Waals surface area contributed by atoms with Gasteiger partial charge in [-0.2, -0.15) is 0 Å². The van der Waals surface area contributed by atoms with Gasteiger partial charge >= 0.3 is 6.09 Å². The van der Waals surface area contributed by atoms with Gasteiger partial charge in [0.15, 0.2) is 5.78 Å². The molecule has 2 atom stereocenters. The van der Waals surface area contributed by atoms with Crippen LogP contribution in [-0.2, 0) is 4.74 Å². The molecule has 7 heteroatoms. The fraction of sp³-hybridized carbons (Fsp3) is 0.533. The molecule has 0 saturated heterocycles. The largest absolute Gasteiger partial charge is 0.444 e. The molecule has 0 bridgehead atoms. The summed E-state index contributed by atoms with van der Waals surface area (Å²) in [7, 11) is 0. The van der Waals surface area contributed by atoms with Crippen LogP contribution in [0.3, 0.4) is 0 Å². The summed E-state index contributed by atoms with van der Waals surface area (Å²) in [5.41, 5.74) is -0.291. The summed E-state index contributed by atoms with van der Waals surface area (Å²) in [6.07, 6.45) is -3.29. The number of amides is 1. The van der Waals surface area contributed by atoms with E-state index in [1.54, 1.807) is 26.8 Å². The van der Waals surface area contributed by atoms with Gasteiger partial charge in [0.05, 0.1) is 5.69 Å². The molecule has 0 spiro atoms. The van der Waals surface area contributed by atoms with Crippen molar-refractivity contribution in [3.8, 4) is 0 Å². The molecule has 122 valence electrons. The molecule has 1 rings (SSSR count). The van der Waals surface area contributed by atoms with Crippen LogP contribution in [0.4, 0.5) is 4.79 Å². The lowest BCUT2D eigenvalue weighted by molar-refractivity contribution is 0.0108. The first-order valence-electron chi connectivity index (χ1n) is 6.91. The number of ketones is 1. The molecule has 22 heavy (non-hydrogen) atoms. The number of Topliss-reactive ketones (excluding diaryl/α,β-unsaturated/α-hetero) is 1. The van der Waals surface area contributed by atoms with Crippen LogP contribution in [-0.4, -0.2) is 45.3 Å². The number of carbonyl (C=O) groups excluding carboxylic acids is 2. The molecule has 7 nitrogen and oxygen atoms in total. The Hall–Kier alpha value is -1.99. The molecule has 0 fully saturated rings. The van der Waals surface area contributed by atoms with Crippen LogP contribution in [0.5, 0.6) is 0 Å². The van der Waals surface area contributed by atoms with Crippen molar-refractivity contribution in [2.45, 2.75) is 45.5 Å². The van der Waals surface area contributed by atoms with E-state index in [2.05, 4.69) is 10.3 Å². The van der Waals surface area contributed by atoms with Crippen molar-refractivity contribution in [3.05, 3.63) is 29.6 Å². The highest BCUT2D eigenvalue weighted by Crippen LogP contribution is 2.15. The minimum Gasteiger partial charge on any atom is -0.444 e. The minimum atomic E-state index is -1.32. The number of hydrogen-bond acceptors (Lipinski definition) is 6. The summed E-state index contributed by atoms with van der Waals surface area (Å²) in [5, 5.41) is 22.3. The van der Waals surface area contributed by atoms with Gasteiger partial charge in [-0.3, -0.25) is 4.79 Å². The first kappa shape index (κ1) is 18.1. The quantitative estimate of drug-likeness (QED) is 0.705. The molecule has 0 aliphatic heterocycles. The fourth-order valence-electron chi connectivity index (χ4n) is 1.62. The Balaban J connectivity index is 2.62. The number of aromatic nitrogens is 1. The first-order valence-corrected chi connectivity index (χ1v) is 6.91. The molecule has 0 saturated carbocycles. The van der Waals surface area contributed by atoms with Crippen LogP contribution in [0.25, 0.3) is 0 Å². The zero-order chi connectivity index (χ0) is 16.9. The van der Waals surface area contributed by atoms with E-state index in [-0.39, 0.29) is 23.7 Å². The van der Waals surface area contributed by atoms with E-state index in [1.807, 2.05) is 0 Å². The molecule has 1 aromatic rings. The normalized spacial score (nSPS) is 14.1. The SMILES string of the molecule is CC(=O)c1cccc(C(O)C(O)CNC(=O)OC(C)(C)C)n1. The second-order valence-corrected chi connectivity index (χ2v) is 5.90. The summed E-state index contributed by atoms with van der Waals surface area (Å²) in [5.74, 6) is -0.240. The van der Waals surface area contributed by atoms with Crippen molar-refractivity contribution in [2.24, 2.45) is 0 Å². The van der Waals surface area contributed by atoms with Crippen molar-refractivity contribution >= 4 is 11.9 Å². The molecule has 0 aliphatic rings. The lowest BCUT2D eigenvalue weighted by atomic mass is 10.1. The number of alkyl carbamates (subject to hydrolysis) is 1. The Morgan fingerprint density at radius 3 is 2.50 bits per heavy atom. The summed E-state index contributed by atoms with van der Waals surface area (Å²) >= 11 is 0. The zero-order valence-corrected chi connectivity index (χ0v) is 13.2. The van der Waals surface area contributed by atoms with Gasteiger partial charge in [0.25, 0.3) is 0 Å². The Labute approximate surface area is 129 Å². The highest BCUT2D eigenvalue weighted by atomic mass is 16.6. The Bertz CT molecular complexity index is 539. The van der Waals surface area contributed by atoms with Crippen molar-refractivity contribution in [3.63, 3.8) is 0 Å². The zero-order valence-electron chi connectivity index (χ0n) is 13.2. The number of pyridine rings is 1. The van der Waals surface area contributed by atoms with Crippen molar-refractivity contribution in [1.29, 1.82) is 0 Å². The lowest BCUT2D eigenvalue weighted by Crippen LogP contribution is -2.39. The highest BCUT2D eigenvalue weighted by molar-refractivity contribution is 5.92. The molecule has 1 aromatic heterocycles. The van der Waals surface area contributed by atoms with Crippen LogP contribution in [0.15, 0.2) is 18.2 Å². The fourth-order valence-corrected chi connectivity index (χ4v) is 1.62. The van der Waals surface area contributed by atoms with E-state index in [4.69, 9.17) is 4.74 Å². The Morgan fingerprint density at radius 1 is 1.32 bits per heavy atom. The Kier molecular flexibility index (Phi) is 6.01. The Morgan fingerprint density at radius 2 is 1.95 bits per heavy atom. The second-order valence-electron chi connectivity index (χ2n) is 5.90. The predicted molar refractivity (Wildman–Crippen MR) is 79.4 cm³/mol. The number of aliphatic hydroxyl groups is 2. The van der Waals surface area contributed by atoms with Crippen LogP contribution < -0.4 is 5.32 Å². The van der Waals surface area contributed by atoms with Gasteiger partial charge < -0.3 is 20.3 Å². The van der Waals surface area contributed by atoms with Gasteiger partial charge in [-0.1, -0.05) is 6.07 Å². The molecule has 0 aliphatic carbocycles. The summed E-state index contributed by atoms with van der Waals surface area (Å²) in [6, 6.07) is 4.58. The molecule has 0 aromatic carbocycles. The molecule has 0 radical (unpaired) electrons. The first-order chi connectivity index (χ1) is 10.1. The van der Waals surface area contributed by atoms with Crippen LogP contribution in [0, 0.1) is 0 Å². The monoisotopic (exact) mass is 310 g/mol. The molecule has 1 heterocycles. The van der Waals surface area contributed by atoms with E-state index in [0.717, 1.165) is 0 Å². The van der Waals surface area contributed by atoms with E-state index in [1.165, 1.54) is 19.1 Å². The van der Waals surface area contributed by atoms with Crippen LogP contribution in [0.1, 0.15) is 50.0 Å². The number of nitrogens with zero attached hydrogens (tertiary/aromatic N) is 1. The number of ether oxygens (including phenoxy) is 1. The van der Waals surface area contributed by atoms with Gasteiger partial charge in [-0.05, 0) is 32.9 Å². The van der Waals surface area contributed by atoms with Crippen molar-refractivity contribution in [1.82, 2.24) is 10.3 Å². The number of carbonyl (C=O) groups is 2. The summed E-state index contributed by atoms with van der Waals surface area (Å²) in [6.45, 7) is 6.31. The smallest absolute Gasteiger partial charge is 0.407 e. The maximum absolute atomic E-state index is 11.5. The third-order valence-electron chi connectivity index (χ3n) is 2.65. The van der Waals surface area contributed by atoms with Gasteiger partial charge in [-0.25, -0.2) is 9.78 Å². The van der Waals surface area contributed by atoms with Gasteiger partial charge in [0, 0.05) is 13.5 Å². The average molecular weight is 310 g/mol. The summed E-state index contributed by atoms with van der Waals surface area (Å²) in [4.78, 5) is 26.7. The van der Waals surface area contributed by atoms with Gasteiger partial charge in [0.1, 0.15) is 23.5 Å². The highest BCUT2D eigenvalue weighted by Gasteiger charge is 2.22. The minimum absolute atomic E-state index is 0.159. The molecular weight excluding hydrogens is 288 g/mol. The van der Waals surface area contributed by atoms with Crippen LogP contribution in [0.2, 0.25) is 0 Å². The van der Waals surface area contributed by atoms with E-state index >= 15 is 0 Å². The van der Waals surface area contributed by atoms with E-state index in [0.29, 0.717) is 0 Å². The summed E-state index contributed by atoms with van der Waals surface area (Å²) < 4.78 is 5.02. The molecule has 3 N–H and O–H groups in total. The van der Waals surface area contributed by atoms with E-state index in [9.17, 15) is 19.8 Å². The number of hydrogen-bond donors (Lipinski definition) is 3. The van der Waals surface area contributed by atoms with Gasteiger partial charge in [0.2, 0.25) is 0 Å². The molecule has 2 unspecified atom stereocenters. The number of nitrogens with one attached hydrogen (secondary N) is 1. The lowest BCUT2D eigenvalue weighted by Gasteiger charge is -2.22. The topological polar surface area (TPSA) is 109 Å². The maximum Gasteiger partial charge on any atom is 0.407 e. The number of rotatable bonds is 5. The third kappa shape index (κ3) is 5.79. The van der Waals surface area contributed by atoms with Crippen molar-refractivity contribution in [2.75, 3.05) is 6.54 Å². The molecule has 1 amide bonds. The van der Waals surface area contributed by atoms with E-state index < -0.39 is 23.9 Å².